The van der Waals surface area contributed by atoms with Gasteiger partial charge in [0.25, 0.3) is 0 Å². The Morgan fingerprint density at radius 3 is 3.25 bits per heavy atom. The zero-order chi connectivity index (χ0) is 8.39. The van der Waals surface area contributed by atoms with Crippen molar-refractivity contribution in [3.05, 3.63) is 17.5 Å². The molecule has 1 aromatic rings. The number of aromatic nitrogens is 2. The molecule has 2 rings (SSSR count). The summed E-state index contributed by atoms with van der Waals surface area (Å²) in [5.74, 6) is 0. The number of rotatable bonds is 2. The summed E-state index contributed by atoms with van der Waals surface area (Å²) >= 11 is 0. The van der Waals surface area contributed by atoms with E-state index in [0.29, 0.717) is 6.54 Å². The lowest BCUT2D eigenvalue weighted by molar-refractivity contribution is 0.108. The van der Waals surface area contributed by atoms with Gasteiger partial charge in [0.15, 0.2) is 0 Å². The van der Waals surface area contributed by atoms with Crippen molar-refractivity contribution in [3.8, 4) is 0 Å². The van der Waals surface area contributed by atoms with Crippen LogP contribution in [0.1, 0.15) is 30.3 Å². The van der Waals surface area contributed by atoms with E-state index in [1.165, 1.54) is 0 Å². The Balaban J connectivity index is 2.11. The molecule has 1 fully saturated rings. The summed E-state index contributed by atoms with van der Waals surface area (Å²) in [6.07, 6.45) is 2.41. The van der Waals surface area contributed by atoms with Gasteiger partial charge >= 0.3 is 0 Å². The van der Waals surface area contributed by atoms with Crippen molar-refractivity contribution in [2.45, 2.75) is 25.5 Å². The van der Waals surface area contributed by atoms with Gasteiger partial charge in [-0.15, -0.1) is 0 Å². The minimum atomic E-state index is 0.196. The lowest BCUT2D eigenvalue weighted by Gasteiger charge is -2.02. The molecule has 3 N–H and O–H groups in total. The van der Waals surface area contributed by atoms with Crippen LogP contribution in [0.15, 0.2) is 6.07 Å². The second kappa shape index (κ2) is 3.25. The summed E-state index contributed by atoms with van der Waals surface area (Å²) < 4.78 is 5.47. The number of nitrogens with one attached hydrogen (secondary N) is 1. The van der Waals surface area contributed by atoms with E-state index in [1.807, 2.05) is 6.07 Å². The molecule has 1 aliphatic rings. The van der Waals surface area contributed by atoms with Crippen molar-refractivity contribution >= 4 is 0 Å². The van der Waals surface area contributed by atoms with Gasteiger partial charge in [-0.25, -0.2) is 0 Å². The number of hydrogen-bond acceptors (Lipinski definition) is 3. The number of H-pyrrole nitrogens is 1. The van der Waals surface area contributed by atoms with Crippen molar-refractivity contribution in [2.75, 3.05) is 6.61 Å². The number of hydrogen-bond donors (Lipinski definition) is 2. The van der Waals surface area contributed by atoms with Crippen LogP contribution in [0.25, 0.3) is 0 Å². The fourth-order valence-electron chi connectivity index (χ4n) is 1.46. The van der Waals surface area contributed by atoms with Gasteiger partial charge in [-0.2, -0.15) is 5.10 Å². The monoisotopic (exact) mass is 167 g/mol. The van der Waals surface area contributed by atoms with Crippen LogP contribution < -0.4 is 5.73 Å². The molecule has 1 aromatic heterocycles. The van der Waals surface area contributed by atoms with Crippen molar-refractivity contribution in [1.29, 1.82) is 0 Å². The van der Waals surface area contributed by atoms with Crippen LogP contribution in [-0.4, -0.2) is 16.8 Å². The highest BCUT2D eigenvalue weighted by Crippen LogP contribution is 2.26. The Morgan fingerprint density at radius 2 is 2.67 bits per heavy atom. The quantitative estimate of drug-likeness (QED) is 0.682. The number of aromatic amines is 1. The van der Waals surface area contributed by atoms with Crippen LogP contribution >= 0.6 is 0 Å². The van der Waals surface area contributed by atoms with Crippen molar-refractivity contribution in [3.63, 3.8) is 0 Å². The van der Waals surface area contributed by atoms with Crippen LogP contribution in [0.2, 0.25) is 0 Å². The van der Waals surface area contributed by atoms with E-state index >= 15 is 0 Å². The second-order valence-electron chi connectivity index (χ2n) is 3.02. The molecule has 12 heavy (non-hydrogen) atoms. The van der Waals surface area contributed by atoms with Gasteiger partial charge in [-0.3, -0.25) is 5.10 Å². The Kier molecular flexibility index (Phi) is 2.10. The summed E-state index contributed by atoms with van der Waals surface area (Å²) in [7, 11) is 0. The minimum absolute atomic E-state index is 0.196. The highest BCUT2D eigenvalue weighted by Gasteiger charge is 2.19. The summed E-state index contributed by atoms with van der Waals surface area (Å²) in [4.78, 5) is 0. The molecule has 0 bridgehead atoms. The molecule has 0 spiro atoms. The molecule has 0 aliphatic carbocycles. The molecule has 1 unspecified atom stereocenters. The molecule has 1 saturated heterocycles. The van der Waals surface area contributed by atoms with Crippen molar-refractivity contribution in [2.24, 2.45) is 5.73 Å². The number of ether oxygens (including phenoxy) is 1. The van der Waals surface area contributed by atoms with Crippen molar-refractivity contribution in [1.82, 2.24) is 10.2 Å². The average molecular weight is 167 g/mol. The number of nitrogens with zero attached hydrogens (tertiary/aromatic N) is 1. The molecule has 2 heterocycles. The number of nitrogens with two attached hydrogens (primary N) is 1. The molecule has 0 aromatic carbocycles. The third-order valence-electron chi connectivity index (χ3n) is 2.13. The lowest BCUT2D eigenvalue weighted by Crippen LogP contribution is -1.96. The molecule has 4 nitrogen and oxygen atoms in total. The molecule has 0 saturated carbocycles. The molecule has 0 amide bonds. The Hall–Kier alpha value is -0.870. The van der Waals surface area contributed by atoms with Gasteiger partial charge in [0.1, 0.15) is 6.10 Å². The van der Waals surface area contributed by atoms with Crippen molar-refractivity contribution < 1.29 is 4.74 Å². The molecule has 1 aliphatic heterocycles. The largest absolute Gasteiger partial charge is 0.372 e. The minimum Gasteiger partial charge on any atom is -0.372 e. The van der Waals surface area contributed by atoms with E-state index in [9.17, 15) is 0 Å². The van der Waals surface area contributed by atoms with Gasteiger partial charge in [0, 0.05) is 18.8 Å². The summed E-state index contributed by atoms with van der Waals surface area (Å²) in [5.41, 5.74) is 7.42. The second-order valence-corrected chi connectivity index (χ2v) is 3.02. The van der Waals surface area contributed by atoms with E-state index in [-0.39, 0.29) is 6.10 Å². The van der Waals surface area contributed by atoms with Gasteiger partial charge in [-0.05, 0) is 18.9 Å². The highest BCUT2D eigenvalue weighted by atomic mass is 16.5. The van der Waals surface area contributed by atoms with Crippen LogP contribution in [0.5, 0.6) is 0 Å². The fourth-order valence-corrected chi connectivity index (χ4v) is 1.46. The summed E-state index contributed by atoms with van der Waals surface area (Å²) in [5, 5.41) is 7.02. The van der Waals surface area contributed by atoms with Gasteiger partial charge in [0.2, 0.25) is 0 Å². The highest BCUT2D eigenvalue weighted by molar-refractivity contribution is 5.11. The summed E-state index contributed by atoms with van der Waals surface area (Å²) in [6.45, 7) is 1.37. The maximum absolute atomic E-state index is 5.47. The standard InChI is InChI=1S/C8H13N3O/c9-5-6-4-7(11-10-6)8-2-1-3-12-8/h4,8H,1-3,5,9H2,(H,10,11). The molecule has 0 radical (unpaired) electrons. The van der Waals surface area contributed by atoms with Gasteiger partial charge < -0.3 is 10.5 Å². The van der Waals surface area contributed by atoms with E-state index < -0.39 is 0 Å². The molecular weight excluding hydrogens is 154 g/mol. The summed E-state index contributed by atoms with van der Waals surface area (Å²) in [6, 6.07) is 1.98. The normalized spacial score (nSPS) is 23.2. The van der Waals surface area contributed by atoms with Crippen LogP contribution in [0.4, 0.5) is 0 Å². The van der Waals surface area contributed by atoms with Crippen LogP contribution in [0.3, 0.4) is 0 Å². The topological polar surface area (TPSA) is 63.9 Å². The van der Waals surface area contributed by atoms with E-state index in [4.69, 9.17) is 10.5 Å². The Labute approximate surface area is 71.1 Å². The maximum atomic E-state index is 5.47. The molecule has 1 atom stereocenters. The van der Waals surface area contributed by atoms with Crippen LogP contribution in [0, 0.1) is 0 Å². The maximum Gasteiger partial charge on any atom is 0.101 e. The third kappa shape index (κ3) is 1.35. The first-order chi connectivity index (χ1) is 5.90. The first-order valence-electron chi connectivity index (χ1n) is 4.26. The Bertz CT molecular complexity index is 253. The SMILES string of the molecule is NCc1cc(C2CCCO2)n[nH]1. The van der Waals surface area contributed by atoms with Gasteiger partial charge in [-0.1, -0.05) is 0 Å². The van der Waals surface area contributed by atoms with Gasteiger partial charge in [0.05, 0.1) is 5.69 Å². The molecule has 66 valence electrons. The zero-order valence-corrected chi connectivity index (χ0v) is 6.92. The fraction of sp³-hybridized carbons (Fsp3) is 0.625. The zero-order valence-electron chi connectivity index (χ0n) is 6.92. The lowest BCUT2D eigenvalue weighted by atomic mass is 10.2. The molecule has 4 heteroatoms. The Morgan fingerprint density at radius 1 is 1.75 bits per heavy atom. The predicted octanol–water partition coefficient (Wildman–Crippen LogP) is 0.720. The predicted molar refractivity (Wildman–Crippen MR) is 44.4 cm³/mol. The van der Waals surface area contributed by atoms with E-state index in [0.717, 1.165) is 30.8 Å². The van der Waals surface area contributed by atoms with Crippen LogP contribution in [-0.2, 0) is 11.3 Å². The average Bonchev–Trinajstić information content (AvgIpc) is 2.75. The molecular formula is C8H13N3O. The third-order valence-corrected chi connectivity index (χ3v) is 2.13. The first-order valence-corrected chi connectivity index (χ1v) is 4.26. The van der Waals surface area contributed by atoms with E-state index in [2.05, 4.69) is 10.2 Å². The van der Waals surface area contributed by atoms with E-state index in [1.54, 1.807) is 0 Å². The first kappa shape index (κ1) is 7.76. The smallest absolute Gasteiger partial charge is 0.101 e.